The number of hydrogen-bond acceptors (Lipinski definition) is 8. The highest BCUT2D eigenvalue weighted by atomic mass is 32.2. The van der Waals surface area contributed by atoms with Crippen LogP contribution in [-0.2, 0) is 5.75 Å². The third kappa shape index (κ3) is 11.1. The van der Waals surface area contributed by atoms with E-state index in [4.69, 9.17) is 26.5 Å². The molecule has 0 radical (unpaired) electrons. The van der Waals surface area contributed by atoms with Gasteiger partial charge >= 0.3 is 0 Å². The first-order chi connectivity index (χ1) is 26.5. The fourth-order valence-electron chi connectivity index (χ4n) is 5.01. The highest BCUT2D eigenvalue weighted by Crippen LogP contribution is 2.50. The first-order valence-electron chi connectivity index (χ1n) is 21.8. The van der Waals surface area contributed by atoms with Crippen LogP contribution >= 0.6 is 11.8 Å². The molecule has 0 aliphatic carbocycles. The Hall–Kier alpha value is -1.92. The Labute approximate surface area is 375 Å². The lowest BCUT2D eigenvalue weighted by Crippen LogP contribution is -2.46. The van der Waals surface area contributed by atoms with Gasteiger partial charge in [-0.15, -0.1) is 0 Å². The maximum Gasteiger partial charge on any atom is 0.250 e. The number of fused-ring (bicyclic) bond motifs is 1. The first-order valence-corrected chi connectivity index (χ1v) is 37.7. The lowest BCUT2D eigenvalue weighted by Gasteiger charge is -2.40. The zero-order chi connectivity index (χ0) is 46.8. The SMILES string of the molecule is CSCc1c(O[Si](C)(C)C(C)(C)C)cc(O[Si](C)(C)C(C)(C)C)c2c(=O)c(O[Si](C)(C)C(C)(C)C)c(-c3ccc(O[Si](C)(C)C(C)(C)C)c(O[Si](C)(C)C(C)(C)C)c3)oc12. The largest absolute Gasteiger partial charge is 0.543 e. The van der Waals surface area contributed by atoms with Crippen LogP contribution in [-0.4, -0.2) is 47.8 Å². The molecule has 340 valence electrons. The minimum absolute atomic E-state index is 0.0305. The smallest absolute Gasteiger partial charge is 0.250 e. The molecule has 0 atom stereocenters. The van der Waals surface area contributed by atoms with Gasteiger partial charge in [0.05, 0.1) is 0 Å². The van der Waals surface area contributed by atoms with Crippen LogP contribution in [0.2, 0.25) is 90.7 Å². The fraction of sp³-hybridized carbons (Fsp3) is 0.681. The summed E-state index contributed by atoms with van der Waals surface area (Å²) in [6.07, 6.45) is 2.07. The zero-order valence-electron chi connectivity index (χ0n) is 42.8. The summed E-state index contributed by atoms with van der Waals surface area (Å²) in [6, 6.07) is 8.01. The van der Waals surface area contributed by atoms with Gasteiger partial charge in [0.25, 0.3) is 33.3 Å². The van der Waals surface area contributed by atoms with Crippen molar-refractivity contribution in [3.63, 3.8) is 0 Å². The van der Waals surface area contributed by atoms with Crippen molar-refractivity contribution in [1.29, 1.82) is 0 Å². The van der Waals surface area contributed by atoms with Crippen molar-refractivity contribution >= 4 is 64.3 Å². The van der Waals surface area contributed by atoms with Gasteiger partial charge in [-0.2, -0.15) is 11.8 Å². The average molecular weight is 934 g/mol. The molecule has 1 aromatic heterocycles. The molecule has 3 rings (SSSR count). The van der Waals surface area contributed by atoms with E-state index < -0.39 is 41.6 Å². The van der Waals surface area contributed by atoms with E-state index in [1.807, 2.05) is 24.3 Å². The monoisotopic (exact) mass is 932 g/mol. The van der Waals surface area contributed by atoms with E-state index in [-0.39, 0.29) is 36.4 Å². The summed E-state index contributed by atoms with van der Waals surface area (Å²) in [5.41, 5.74) is 1.78. The van der Waals surface area contributed by atoms with Crippen molar-refractivity contribution < 1.29 is 26.5 Å². The van der Waals surface area contributed by atoms with Gasteiger partial charge in [0.15, 0.2) is 11.5 Å². The summed E-state index contributed by atoms with van der Waals surface area (Å²) < 4.78 is 43.0. The summed E-state index contributed by atoms with van der Waals surface area (Å²) >= 11 is 1.67. The molecule has 1 heterocycles. The average Bonchev–Trinajstić information content (AvgIpc) is 3.01. The summed E-state index contributed by atoms with van der Waals surface area (Å²) in [6.45, 7) is 55.7. The highest BCUT2D eigenvalue weighted by Gasteiger charge is 2.46. The Morgan fingerprint density at radius 3 is 1.27 bits per heavy atom. The molecule has 0 unspecified atom stereocenters. The van der Waals surface area contributed by atoms with Gasteiger partial charge in [-0.25, -0.2) is 0 Å². The standard InChI is InChI=1S/C47H84O7SSi5/c1-43(2,3)56(17,18)50-34-28-27-32(29-36(34)52-58(21,22)45(7,8)9)40-42(54-60(25,26)47(13,14)15)39(48)38-37(53-59(23,24)46(10,11)12)30-35(33(31-55-16)41(38)49-40)51-57(19,20)44(4,5)6/h27-30H,31H2,1-26H3. The van der Waals surface area contributed by atoms with Crippen LogP contribution < -0.4 is 27.6 Å². The number of thioether (sulfide) groups is 1. The van der Waals surface area contributed by atoms with Gasteiger partial charge in [-0.1, -0.05) is 104 Å². The van der Waals surface area contributed by atoms with Crippen molar-refractivity contribution in [3.8, 4) is 40.1 Å². The number of hydrogen-bond donors (Lipinski definition) is 0. The molecule has 0 aliphatic heterocycles. The van der Waals surface area contributed by atoms with Crippen LogP contribution in [0.5, 0.6) is 28.7 Å². The lowest BCUT2D eigenvalue weighted by molar-refractivity contribution is 0.440. The van der Waals surface area contributed by atoms with E-state index in [9.17, 15) is 0 Å². The molecular formula is C47H84O7SSi5. The van der Waals surface area contributed by atoms with Crippen LogP contribution in [0.25, 0.3) is 22.3 Å². The third-order valence-electron chi connectivity index (χ3n) is 14.5. The molecular weight excluding hydrogens is 849 g/mol. The molecule has 3 aromatic rings. The van der Waals surface area contributed by atoms with E-state index >= 15 is 4.79 Å². The molecule has 0 saturated heterocycles. The fourth-order valence-corrected chi connectivity index (χ4v) is 10.7. The van der Waals surface area contributed by atoms with Crippen LogP contribution in [0, 0.1) is 0 Å². The molecule has 60 heavy (non-hydrogen) atoms. The number of benzene rings is 2. The minimum atomic E-state index is -2.61. The molecule has 0 amide bonds. The molecule has 7 nitrogen and oxygen atoms in total. The van der Waals surface area contributed by atoms with E-state index in [1.54, 1.807) is 11.8 Å². The molecule has 0 fully saturated rings. The summed E-state index contributed by atoms with van der Waals surface area (Å²) in [5, 5.41) is -0.101. The number of rotatable bonds is 13. The second-order valence-electron chi connectivity index (χ2n) is 24.6. The lowest BCUT2D eigenvalue weighted by atomic mass is 10.1. The topological polar surface area (TPSA) is 76.4 Å². The van der Waals surface area contributed by atoms with E-state index in [0.717, 1.165) is 5.56 Å². The molecule has 0 N–H and O–H groups in total. The van der Waals surface area contributed by atoms with E-state index in [0.29, 0.717) is 51.0 Å². The van der Waals surface area contributed by atoms with Gasteiger partial charge in [0.2, 0.25) is 13.7 Å². The summed E-state index contributed by atoms with van der Waals surface area (Å²) in [5.74, 6) is 3.74. The molecule has 2 aromatic carbocycles. The van der Waals surface area contributed by atoms with Crippen LogP contribution in [0.4, 0.5) is 0 Å². The van der Waals surface area contributed by atoms with Crippen molar-refractivity contribution in [2.45, 2.75) is 200 Å². The second kappa shape index (κ2) is 16.9. The van der Waals surface area contributed by atoms with Gasteiger partial charge in [0.1, 0.15) is 34.0 Å². The van der Waals surface area contributed by atoms with Gasteiger partial charge in [0, 0.05) is 22.9 Å². The quantitative estimate of drug-likeness (QED) is 0.157. The molecule has 13 heteroatoms. The van der Waals surface area contributed by atoms with E-state index in [1.165, 1.54) is 0 Å². The molecule has 0 aliphatic rings. The van der Waals surface area contributed by atoms with E-state index in [2.05, 4.69) is 176 Å². The Morgan fingerprint density at radius 1 is 0.500 bits per heavy atom. The van der Waals surface area contributed by atoms with Crippen molar-refractivity contribution in [2.24, 2.45) is 0 Å². The normalized spacial score (nSPS) is 14.4. The van der Waals surface area contributed by atoms with Gasteiger partial charge < -0.3 is 26.5 Å². The first kappa shape index (κ1) is 52.4. The van der Waals surface area contributed by atoms with Crippen molar-refractivity contribution in [1.82, 2.24) is 0 Å². The zero-order valence-corrected chi connectivity index (χ0v) is 48.6. The highest BCUT2D eigenvalue weighted by molar-refractivity contribution is 7.97. The molecule has 0 bridgehead atoms. The predicted octanol–water partition coefficient (Wildman–Crippen LogP) is 16.2. The third-order valence-corrected chi connectivity index (χ3v) is 36.8. The maximum absolute atomic E-state index is 15.7. The van der Waals surface area contributed by atoms with Crippen LogP contribution in [0.3, 0.4) is 0 Å². The molecule has 0 spiro atoms. The minimum Gasteiger partial charge on any atom is -0.543 e. The second-order valence-corrected chi connectivity index (χ2v) is 49.0. The summed E-state index contributed by atoms with van der Waals surface area (Å²) in [7, 11) is -12.1. The van der Waals surface area contributed by atoms with Gasteiger partial charge in [-0.05, 0) is 115 Å². The van der Waals surface area contributed by atoms with Crippen molar-refractivity contribution in [2.75, 3.05) is 6.26 Å². The van der Waals surface area contributed by atoms with Crippen LogP contribution in [0.15, 0.2) is 33.5 Å². The maximum atomic E-state index is 15.7. The van der Waals surface area contributed by atoms with Crippen LogP contribution in [0.1, 0.15) is 109 Å². The Balaban J connectivity index is 2.71. The Bertz CT molecular complexity index is 2090. The Morgan fingerprint density at radius 2 is 0.867 bits per heavy atom. The predicted molar refractivity (Wildman–Crippen MR) is 274 cm³/mol. The summed E-state index contributed by atoms with van der Waals surface area (Å²) in [4.78, 5) is 15.7. The van der Waals surface area contributed by atoms with Gasteiger partial charge in [-0.3, -0.25) is 4.79 Å². The molecule has 0 saturated carbocycles. The Kier molecular flexibility index (Phi) is 14.8. The van der Waals surface area contributed by atoms with Crippen molar-refractivity contribution in [3.05, 3.63) is 40.1 Å².